The molecule has 1 heterocycles. The standard InChI is InChI=1S/C24H25ClN2O3/c1-4-19-20(26-17-9-11-18(12-10-17)27(5-2)6-3)14-16(24(29)23(19)25)15-21(28)22-8-7-13-30-22/h7-14H,4-6,15H2,1-3H3. The third-order valence-corrected chi connectivity index (χ3v) is 5.50. The second-order valence-electron chi connectivity index (χ2n) is 6.91. The topological polar surface area (TPSA) is 62.9 Å². The molecule has 0 amide bonds. The number of ketones is 2. The minimum atomic E-state index is -0.329. The quantitative estimate of drug-likeness (QED) is 0.392. The van der Waals surface area contributed by atoms with Gasteiger partial charge < -0.3 is 9.32 Å². The largest absolute Gasteiger partial charge is 0.461 e. The van der Waals surface area contributed by atoms with Crippen molar-refractivity contribution in [3.63, 3.8) is 0 Å². The number of allylic oxidation sites excluding steroid dienone is 4. The second kappa shape index (κ2) is 9.72. The lowest BCUT2D eigenvalue weighted by molar-refractivity contribution is -0.111. The van der Waals surface area contributed by atoms with E-state index in [2.05, 4.69) is 18.7 Å². The van der Waals surface area contributed by atoms with Crippen LogP contribution < -0.4 is 4.90 Å². The van der Waals surface area contributed by atoms with Crippen LogP contribution in [-0.4, -0.2) is 30.4 Å². The summed E-state index contributed by atoms with van der Waals surface area (Å²) < 4.78 is 5.15. The zero-order chi connectivity index (χ0) is 21.7. The van der Waals surface area contributed by atoms with Gasteiger partial charge in [0.15, 0.2) is 5.76 Å². The number of anilines is 1. The summed E-state index contributed by atoms with van der Waals surface area (Å²) in [6.45, 7) is 8.03. The van der Waals surface area contributed by atoms with Crippen LogP contribution in [0.5, 0.6) is 0 Å². The Kier molecular flexibility index (Phi) is 7.06. The van der Waals surface area contributed by atoms with Gasteiger partial charge in [-0.05, 0) is 62.7 Å². The molecule has 0 bridgehead atoms. The highest BCUT2D eigenvalue weighted by Crippen LogP contribution is 2.30. The summed E-state index contributed by atoms with van der Waals surface area (Å²) in [4.78, 5) is 32.1. The molecule has 0 unspecified atom stereocenters. The summed E-state index contributed by atoms with van der Waals surface area (Å²) in [6, 6.07) is 11.2. The normalized spacial score (nSPS) is 15.5. The number of benzene rings is 1. The van der Waals surface area contributed by atoms with Crippen LogP contribution in [0.4, 0.5) is 11.4 Å². The molecule has 30 heavy (non-hydrogen) atoms. The molecule has 0 fully saturated rings. The van der Waals surface area contributed by atoms with Crippen LogP contribution in [0.15, 0.2) is 74.3 Å². The van der Waals surface area contributed by atoms with Crippen LogP contribution in [0.25, 0.3) is 0 Å². The molecule has 0 N–H and O–H groups in total. The van der Waals surface area contributed by atoms with Gasteiger partial charge in [0.2, 0.25) is 11.6 Å². The summed E-state index contributed by atoms with van der Waals surface area (Å²) in [6.07, 6.45) is 3.59. The first-order valence-electron chi connectivity index (χ1n) is 10.1. The van der Waals surface area contributed by atoms with E-state index >= 15 is 0 Å². The molecule has 5 nitrogen and oxygen atoms in total. The Morgan fingerprint density at radius 3 is 2.37 bits per heavy atom. The fourth-order valence-electron chi connectivity index (χ4n) is 3.44. The average Bonchev–Trinajstić information content (AvgIpc) is 3.29. The molecule has 0 radical (unpaired) electrons. The Bertz CT molecular complexity index is 1010. The Labute approximate surface area is 181 Å². The molecule has 0 saturated carbocycles. The summed E-state index contributed by atoms with van der Waals surface area (Å²) >= 11 is 6.37. The Morgan fingerprint density at radius 2 is 1.80 bits per heavy atom. The van der Waals surface area contributed by atoms with E-state index in [1.54, 1.807) is 18.2 Å². The van der Waals surface area contributed by atoms with E-state index in [4.69, 9.17) is 21.0 Å². The maximum absolute atomic E-state index is 12.7. The Balaban J connectivity index is 1.92. The fourth-order valence-corrected chi connectivity index (χ4v) is 3.79. The third kappa shape index (κ3) is 4.62. The first kappa shape index (κ1) is 21.8. The number of nitrogens with zero attached hydrogens (tertiary/aromatic N) is 2. The molecule has 0 aliphatic heterocycles. The maximum atomic E-state index is 12.7. The highest BCUT2D eigenvalue weighted by molar-refractivity contribution is 6.49. The van der Waals surface area contributed by atoms with Crippen molar-refractivity contribution in [1.82, 2.24) is 0 Å². The van der Waals surface area contributed by atoms with Gasteiger partial charge in [0.05, 0.1) is 22.7 Å². The zero-order valence-corrected chi connectivity index (χ0v) is 18.2. The van der Waals surface area contributed by atoms with Gasteiger partial charge in [-0.2, -0.15) is 0 Å². The number of aliphatic imine (C=N–C) groups is 1. The molecule has 6 heteroatoms. The molecule has 0 saturated heterocycles. The van der Waals surface area contributed by atoms with Gasteiger partial charge in [-0.15, -0.1) is 0 Å². The first-order chi connectivity index (χ1) is 14.5. The number of hydrogen-bond acceptors (Lipinski definition) is 5. The third-order valence-electron chi connectivity index (χ3n) is 5.10. The summed E-state index contributed by atoms with van der Waals surface area (Å²) in [5, 5.41) is 0.126. The van der Waals surface area contributed by atoms with Crippen LogP contribution in [0, 0.1) is 0 Å². The predicted octanol–water partition coefficient (Wildman–Crippen LogP) is 5.88. The van der Waals surface area contributed by atoms with E-state index in [1.807, 2.05) is 31.2 Å². The van der Waals surface area contributed by atoms with Crippen LogP contribution in [0.3, 0.4) is 0 Å². The van der Waals surface area contributed by atoms with Crippen molar-refractivity contribution in [3.8, 4) is 0 Å². The molecule has 1 aromatic carbocycles. The lowest BCUT2D eigenvalue weighted by Crippen LogP contribution is -2.21. The van der Waals surface area contributed by atoms with Crippen LogP contribution in [-0.2, 0) is 4.79 Å². The molecule has 1 aromatic heterocycles. The van der Waals surface area contributed by atoms with Gasteiger partial charge >= 0.3 is 0 Å². The van der Waals surface area contributed by atoms with Crippen molar-refractivity contribution in [2.45, 2.75) is 33.6 Å². The van der Waals surface area contributed by atoms with Crippen molar-refractivity contribution in [3.05, 3.63) is 70.7 Å². The molecule has 156 valence electrons. The Hall–Kier alpha value is -2.92. The molecular formula is C24H25ClN2O3. The number of carbonyl (C=O) groups excluding carboxylic acids is 2. The van der Waals surface area contributed by atoms with E-state index < -0.39 is 0 Å². The highest BCUT2D eigenvalue weighted by Gasteiger charge is 2.27. The van der Waals surface area contributed by atoms with Crippen molar-refractivity contribution < 1.29 is 14.0 Å². The van der Waals surface area contributed by atoms with Crippen LogP contribution in [0.2, 0.25) is 0 Å². The van der Waals surface area contributed by atoms with Crippen molar-refractivity contribution in [2.75, 3.05) is 18.0 Å². The molecule has 1 aliphatic rings. The second-order valence-corrected chi connectivity index (χ2v) is 7.29. The van der Waals surface area contributed by atoms with Gasteiger partial charge in [-0.25, -0.2) is 4.99 Å². The van der Waals surface area contributed by atoms with Crippen molar-refractivity contribution in [2.24, 2.45) is 4.99 Å². The fraction of sp³-hybridized carbons (Fsp3) is 0.292. The minimum absolute atomic E-state index is 0.0839. The van der Waals surface area contributed by atoms with E-state index in [9.17, 15) is 9.59 Å². The highest BCUT2D eigenvalue weighted by atomic mass is 35.5. The molecule has 2 aromatic rings. The first-order valence-corrected chi connectivity index (χ1v) is 10.5. The lowest BCUT2D eigenvalue weighted by atomic mass is 9.91. The van der Waals surface area contributed by atoms with E-state index in [0.717, 1.165) is 24.5 Å². The SMILES string of the molecule is CCC1=C(Cl)C(=O)C(CC(=O)c2ccco2)=CC1=Nc1ccc(N(CC)CC)cc1. The number of furan rings is 1. The molecular weight excluding hydrogens is 400 g/mol. The number of halogens is 1. The van der Waals surface area contributed by atoms with Gasteiger partial charge in [0.1, 0.15) is 0 Å². The van der Waals surface area contributed by atoms with E-state index in [-0.39, 0.29) is 28.8 Å². The van der Waals surface area contributed by atoms with Crippen molar-refractivity contribution >= 4 is 40.3 Å². The number of hydrogen-bond donors (Lipinski definition) is 0. The van der Waals surface area contributed by atoms with Crippen LogP contribution in [0.1, 0.15) is 44.2 Å². The predicted molar refractivity (Wildman–Crippen MR) is 121 cm³/mol. The Morgan fingerprint density at radius 1 is 1.10 bits per heavy atom. The van der Waals surface area contributed by atoms with Crippen molar-refractivity contribution in [1.29, 1.82) is 0 Å². The average molecular weight is 425 g/mol. The molecule has 0 atom stereocenters. The molecule has 3 rings (SSSR count). The summed E-state index contributed by atoms with van der Waals surface area (Å²) in [5.74, 6) is -0.383. The minimum Gasteiger partial charge on any atom is -0.461 e. The number of rotatable bonds is 8. The summed E-state index contributed by atoms with van der Waals surface area (Å²) in [5.41, 5.74) is 3.51. The maximum Gasteiger partial charge on any atom is 0.202 e. The van der Waals surface area contributed by atoms with Crippen LogP contribution >= 0.6 is 11.6 Å². The van der Waals surface area contributed by atoms with Gasteiger partial charge in [-0.1, -0.05) is 18.5 Å². The molecule has 1 aliphatic carbocycles. The smallest absolute Gasteiger partial charge is 0.202 e. The number of carbonyl (C=O) groups is 2. The van der Waals surface area contributed by atoms with Gasteiger partial charge in [0, 0.05) is 36.3 Å². The van der Waals surface area contributed by atoms with E-state index in [0.29, 0.717) is 23.3 Å². The van der Waals surface area contributed by atoms with Gasteiger partial charge in [-0.3, -0.25) is 9.59 Å². The van der Waals surface area contributed by atoms with E-state index in [1.165, 1.54) is 6.26 Å². The zero-order valence-electron chi connectivity index (χ0n) is 17.4. The lowest BCUT2D eigenvalue weighted by Gasteiger charge is -2.21. The number of Topliss-reactive ketones (excluding diaryl/α,β-unsaturated/α-hetero) is 2. The molecule has 0 spiro atoms. The monoisotopic (exact) mass is 424 g/mol. The summed E-state index contributed by atoms with van der Waals surface area (Å²) in [7, 11) is 0. The van der Waals surface area contributed by atoms with Gasteiger partial charge in [0.25, 0.3) is 0 Å².